The maximum atomic E-state index is 14.1. The first-order valence-electron chi connectivity index (χ1n) is 13.7. The standard InChI is InChI=1S/C32H40F4/c1-5-23-6-8-24(9-7-23)27-14-15-29(20(2)16-27)28-17-21(3)31(22(4)18-28)26-12-10-25(11-13-26)30(33)19-32(34,35)36/h14-19,23-26H,5-13H2,1-4H3/b30-19-. The summed E-state index contributed by atoms with van der Waals surface area (Å²) in [5, 5.41) is 0. The number of benzene rings is 2. The van der Waals surface area contributed by atoms with Crippen molar-refractivity contribution in [2.24, 2.45) is 11.8 Å². The van der Waals surface area contributed by atoms with Gasteiger partial charge in [0.2, 0.25) is 0 Å². The molecule has 0 aromatic heterocycles. The molecule has 2 aromatic rings. The van der Waals surface area contributed by atoms with Crippen molar-refractivity contribution in [1.82, 2.24) is 0 Å². The molecule has 0 nitrogen and oxygen atoms in total. The normalized spacial score (nSPS) is 25.7. The molecule has 0 atom stereocenters. The molecule has 0 unspecified atom stereocenters. The van der Waals surface area contributed by atoms with Crippen LogP contribution in [0.4, 0.5) is 17.6 Å². The van der Waals surface area contributed by atoms with Crippen molar-refractivity contribution in [2.75, 3.05) is 0 Å². The maximum absolute atomic E-state index is 14.1. The van der Waals surface area contributed by atoms with E-state index in [1.165, 1.54) is 71.0 Å². The fourth-order valence-corrected chi connectivity index (χ4v) is 6.87. The highest BCUT2D eigenvalue weighted by molar-refractivity contribution is 5.70. The molecule has 36 heavy (non-hydrogen) atoms. The number of rotatable bonds is 5. The Morgan fingerprint density at radius 1 is 0.806 bits per heavy atom. The molecule has 2 fully saturated rings. The summed E-state index contributed by atoms with van der Waals surface area (Å²) in [4.78, 5) is 0. The lowest BCUT2D eigenvalue weighted by Crippen LogP contribution is -2.17. The molecule has 2 aliphatic carbocycles. The molecular weight excluding hydrogens is 460 g/mol. The molecule has 196 valence electrons. The van der Waals surface area contributed by atoms with Crippen LogP contribution in [0, 0.1) is 32.6 Å². The van der Waals surface area contributed by atoms with Crippen LogP contribution in [0.3, 0.4) is 0 Å². The van der Waals surface area contributed by atoms with E-state index >= 15 is 0 Å². The van der Waals surface area contributed by atoms with Crippen molar-refractivity contribution in [3.63, 3.8) is 0 Å². The first kappa shape index (κ1) is 26.9. The number of hydrogen-bond donors (Lipinski definition) is 0. The van der Waals surface area contributed by atoms with Gasteiger partial charge in [0.15, 0.2) is 0 Å². The molecule has 2 saturated carbocycles. The average molecular weight is 501 g/mol. The lowest BCUT2D eigenvalue weighted by Gasteiger charge is -2.30. The van der Waals surface area contributed by atoms with Crippen LogP contribution in [0.1, 0.15) is 104 Å². The fraction of sp³-hybridized carbons (Fsp3) is 0.562. The van der Waals surface area contributed by atoms with E-state index in [2.05, 4.69) is 58.0 Å². The number of halogens is 4. The second-order valence-corrected chi connectivity index (χ2v) is 11.3. The molecule has 0 spiro atoms. The lowest BCUT2D eigenvalue weighted by atomic mass is 9.75. The molecule has 0 N–H and O–H groups in total. The van der Waals surface area contributed by atoms with Crippen molar-refractivity contribution in [2.45, 2.75) is 103 Å². The Balaban J connectivity index is 1.48. The minimum absolute atomic E-state index is 0.160. The van der Waals surface area contributed by atoms with E-state index in [1.807, 2.05) is 0 Å². The Morgan fingerprint density at radius 3 is 1.92 bits per heavy atom. The Kier molecular flexibility index (Phi) is 8.32. The molecule has 2 aromatic carbocycles. The zero-order valence-corrected chi connectivity index (χ0v) is 22.1. The van der Waals surface area contributed by atoms with Crippen LogP contribution in [0.5, 0.6) is 0 Å². The van der Waals surface area contributed by atoms with Crippen molar-refractivity contribution >= 4 is 0 Å². The minimum atomic E-state index is -4.59. The summed E-state index contributed by atoms with van der Waals surface area (Å²) in [5.41, 5.74) is 9.01. The molecule has 0 saturated heterocycles. The zero-order valence-electron chi connectivity index (χ0n) is 22.1. The van der Waals surface area contributed by atoms with Gasteiger partial charge in [-0.1, -0.05) is 43.7 Å². The van der Waals surface area contributed by atoms with E-state index < -0.39 is 17.9 Å². The van der Waals surface area contributed by atoms with Gasteiger partial charge >= 0.3 is 6.18 Å². The quantitative estimate of drug-likeness (QED) is 0.358. The molecular formula is C32H40F4. The van der Waals surface area contributed by atoms with E-state index in [4.69, 9.17) is 0 Å². The van der Waals surface area contributed by atoms with Gasteiger partial charge in [-0.3, -0.25) is 0 Å². The van der Waals surface area contributed by atoms with Gasteiger partial charge in [-0.15, -0.1) is 0 Å². The van der Waals surface area contributed by atoms with E-state index in [0.717, 1.165) is 18.8 Å². The second-order valence-electron chi connectivity index (χ2n) is 11.3. The second kappa shape index (κ2) is 11.1. The Bertz CT molecular complexity index is 1050. The first-order valence-corrected chi connectivity index (χ1v) is 13.7. The largest absolute Gasteiger partial charge is 0.412 e. The third-order valence-electron chi connectivity index (χ3n) is 8.88. The average Bonchev–Trinajstić information content (AvgIpc) is 2.83. The van der Waals surface area contributed by atoms with Crippen LogP contribution in [-0.2, 0) is 0 Å². The smallest absolute Gasteiger partial charge is 0.212 e. The van der Waals surface area contributed by atoms with E-state index in [1.54, 1.807) is 0 Å². The summed E-state index contributed by atoms with van der Waals surface area (Å²) in [6, 6.07) is 11.5. The van der Waals surface area contributed by atoms with Gasteiger partial charge in [0.05, 0.1) is 6.08 Å². The van der Waals surface area contributed by atoms with Crippen molar-refractivity contribution in [1.29, 1.82) is 0 Å². The van der Waals surface area contributed by atoms with Crippen molar-refractivity contribution in [3.05, 3.63) is 70.1 Å². The Labute approximate surface area is 214 Å². The SMILES string of the molecule is CCC1CCC(c2ccc(-c3cc(C)c(C4CCC(/C(F)=C/C(F)(F)F)CC4)c(C)c3)c(C)c2)CC1. The first-order chi connectivity index (χ1) is 17.1. The highest BCUT2D eigenvalue weighted by atomic mass is 19.4. The van der Waals surface area contributed by atoms with E-state index in [0.29, 0.717) is 18.8 Å². The third-order valence-corrected chi connectivity index (χ3v) is 8.88. The number of alkyl halides is 3. The lowest BCUT2D eigenvalue weighted by molar-refractivity contribution is -0.0820. The van der Waals surface area contributed by atoms with Gasteiger partial charge in [-0.05, 0) is 129 Å². The molecule has 0 aliphatic heterocycles. The summed E-state index contributed by atoms with van der Waals surface area (Å²) in [6.07, 6.45) is 4.19. The topological polar surface area (TPSA) is 0 Å². The van der Waals surface area contributed by atoms with Gasteiger partial charge in [0, 0.05) is 5.92 Å². The Hall–Kier alpha value is -2.10. The van der Waals surface area contributed by atoms with Crippen LogP contribution >= 0.6 is 0 Å². The fourth-order valence-electron chi connectivity index (χ4n) is 6.87. The van der Waals surface area contributed by atoms with Crippen LogP contribution in [0.15, 0.2) is 42.2 Å². The summed E-state index contributed by atoms with van der Waals surface area (Å²) in [5.74, 6) is 0.229. The Morgan fingerprint density at radius 2 is 1.39 bits per heavy atom. The number of aryl methyl sites for hydroxylation is 3. The molecule has 0 radical (unpaired) electrons. The van der Waals surface area contributed by atoms with Crippen molar-refractivity contribution < 1.29 is 17.6 Å². The summed E-state index contributed by atoms with van der Waals surface area (Å²) in [6.45, 7) is 8.79. The summed E-state index contributed by atoms with van der Waals surface area (Å²) in [7, 11) is 0. The van der Waals surface area contributed by atoms with Crippen LogP contribution in [-0.4, -0.2) is 6.18 Å². The highest BCUT2D eigenvalue weighted by Crippen LogP contribution is 2.43. The number of hydrogen-bond acceptors (Lipinski definition) is 0. The van der Waals surface area contributed by atoms with Gasteiger partial charge in [-0.2, -0.15) is 13.2 Å². The monoisotopic (exact) mass is 500 g/mol. The van der Waals surface area contributed by atoms with Gasteiger partial charge in [0.1, 0.15) is 5.83 Å². The predicted octanol–water partition coefficient (Wildman–Crippen LogP) is 10.7. The maximum Gasteiger partial charge on any atom is 0.412 e. The van der Waals surface area contributed by atoms with Crippen LogP contribution < -0.4 is 0 Å². The van der Waals surface area contributed by atoms with Gasteiger partial charge < -0.3 is 0 Å². The zero-order chi connectivity index (χ0) is 26.0. The molecule has 4 rings (SSSR count). The highest BCUT2D eigenvalue weighted by Gasteiger charge is 2.31. The molecule has 2 aliphatic rings. The summed E-state index contributed by atoms with van der Waals surface area (Å²) >= 11 is 0. The van der Waals surface area contributed by atoms with E-state index in [9.17, 15) is 17.6 Å². The molecule has 0 amide bonds. The third kappa shape index (κ3) is 6.23. The summed E-state index contributed by atoms with van der Waals surface area (Å²) < 4.78 is 51.7. The molecule has 0 heterocycles. The molecule has 0 bridgehead atoms. The van der Waals surface area contributed by atoms with Crippen molar-refractivity contribution in [3.8, 4) is 11.1 Å². The number of allylic oxidation sites excluding steroid dienone is 2. The van der Waals surface area contributed by atoms with Crippen LogP contribution in [0.2, 0.25) is 0 Å². The van der Waals surface area contributed by atoms with E-state index in [-0.39, 0.29) is 12.0 Å². The van der Waals surface area contributed by atoms with Gasteiger partial charge in [-0.25, -0.2) is 4.39 Å². The molecule has 4 heteroatoms. The van der Waals surface area contributed by atoms with Crippen LogP contribution in [0.25, 0.3) is 11.1 Å². The predicted molar refractivity (Wildman–Crippen MR) is 141 cm³/mol. The van der Waals surface area contributed by atoms with Gasteiger partial charge in [0.25, 0.3) is 0 Å². The minimum Gasteiger partial charge on any atom is -0.212 e.